The summed E-state index contributed by atoms with van der Waals surface area (Å²) in [6, 6.07) is -0.330. The number of carbonyl (C=O) groups is 4. The Labute approximate surface area is 245 Å². The van der Waals surface area contributed by atoms with Crippen LogP contribution in [-0.4, -0.2) is 77.1 Å². The highest BCUT2D eigenvalue weighted by molar-refractivity contribution is 5.90. The number of hydrogen-bond donors (Lipinski definition) is 2. The second-order valence-corrected chi connectivity index (χ2v) is 13.5. The van der Waals surface area contributed by atoms with Crippen LogP contribution in [0.2, 0.25) is 0 Å². The van der Waals surface area contributed by atoms with Crippen molar-refractivity contribution in [1.82, 2.24) is 15.1 Å². The molecule has 1 fully saturated rings. The fourth-order valence-corrected chi connectivity index (χ4v) is 6.23. The third kappa shape index (κ3) is 6.07. The molecule has 4 aliphatic rings. The van der Waals surface area contributed by atoms with Gasteiger partial charge in [-0.25, -0.2) is 14.4 Å². The number of alkyl carbamates (subject to hydrolysis) is 1. The molecule has 1 aromatic carbocycles. The molecule has 0 saturated carbocycles. The number of benzene rings is 1. The molecule has 0 spiro atoms. The smallest absolute Gasteiger partial charge is 0.410 e. The van der Waals surface area contributed by atoms with Crippen molar-refractivity contribution >= 4 is 24.1 Å². The van der Waals surface area contributed by atoms with Gasteiger partial charge in [-0.05, 0) is 53.7 Å². The molecule has 2 N–H and O–H groups in total. The molecular weight excluding hydrogens is 546 g/mol. The summed E-state index contributed by atoms with van der Waals surface area (Å²) in [6.07, 6.45) is 0.882. The van der Waals surface area contributed by atoms with Gasteiger partial charge in [0.1, 0.15) is 18.2 Å². The average molecular weight is 588 g/mol. The molecule has 12 heteroatoms. The molecule has 1 unspecified atom stereocenters. The molecule has 0 aromatic heterocycles. The Balaban J connectivity index is 1.44. The molecule has 3 atom stereocenters. The van der Waals surface area contributed by atoms with E-state index in [1.807, 2.05) is 6.07 Å². The van der Waals surface area contributed by atoms with Crippen LogP contribution in [0.5, 0.6) is 11.5 Å². The predicted octanol–water partition coefficient (Wildman–Crippen LogP) is 3.82. The fraction of sp³-hybridized carbons (Fsp3) is 0.667. The number of rotatable bonds is 1. The summed E-state index contributed by atoms with van der Waals surface area (Å²) in [5.74, 6) is -0.386. The van der Waals surface area contributed by atoms with Gasteiger partial charge in [0.05, 0.1) is 19.7 Å². The number of fused-ring (bicyclic) bond motifs is 5. The van der Waals surface area contributed by atoms with Crippen LogP contribution in [0.4, 0.5) is 9.59 Å². The molecular formula is C30H41N3O9. The molecule has 4 bridgehead atoms. The highest BCUT2D eigenvalue weighted by atomic mass is 16.7. The lowest BCUT2D eigenvalue weighted by Gasteiger charge is -2.34. The number of aliphatic carboxylic acids is 1. The van der Waals surface area contributed by atoms with Crippen LogP contribution in [0.3, 0.4) is 0 Å². The summed E-state index contributed by atoms with van der Waals surface area (Å²) in [5, 5.41) is 12.6. The maximum absolute atomic E-state index is 13.7. The largest absolute Gasteiger partial charge is 0.480 e. The van der Waals surface area contributed by atoms with E-state index in [-0.39, 0.29) is 31.8 Å². The van der Waals surface area contributed by atoms with Gasteiger partial charge >= 0.3 is 18.2 Å². The van der Waals surface area contributed by atoms with Gasteiger partial charge in [-0.1, -0.05) is 34.6 Å². The Morgan fingerprint density at radius 3 is 2.55 bits per heavy atom. The quantitative estimate of drug-likeness (QED) is 0.501. The van der Waals surface area contributed by atoms with E-state index in [9.17, 15) is 24.3 Å². The zero-order valence-corrected chi connectivity index (χ0v) is 25.0. The third-order valence-corrected chi connectivity index (χ3v) is 8.71. The van der Waals surface area contributed by atoms with Crippen molar-refractivity contribution in [2.45, 2.75) is 98.0 Å². The predicted molar refractivity (Wildman–Crippen MR) is 149 cm³/mol. The van der Waals surface area contributed by atoms with Gasteiger partial charge in [-0.15, -0.1) is 0 Å². The standard InChI is InChI=1S/C30H41N3O9/c1-29(2,3)24-25(34)33-14-18(12-21(33)26(35)36)42-28(38)32-13-17-11-22-23(41-16-40-22)19(20(17)15-32)7-6-8-30(4,5)9-10-39-27(37)31-24/h11,18,21,24H,6-10,12-16H2,1-5H3,(H,31,37)(H,35,36)/t18-,21?,24-/m1/s1. The van der Waals surface area contributed by atoms with E-state index in [2.05, 4.69) is 19.2 Å². The molecule has 230 valence electrons. The molecule has 4 heterocycles. The topological polar surface area (TPSA) is 144 Å². The number of amides is 3. The minimum Gasteiger partial charge on any atom is -0.480 e. The highest BCUT2D eigenvalue weighted by Crippen LogP contribution is 2.44. The first-order chi connectivity index (χ1) is 19.7. The SMILES string of the molecule is CC1(C)CCCc2c3c(cc4c2OCO4)CN(C3)C(=O)O[C@@H]2CC(C(=O)O)N(C2)C(=O)[C@H](C(C)(C)C)NC(=O)OCC1. The average Bonchev–Trinajstić information content (AvgIpc) is 3.63. The number of carboxylic acid groups (broad SMARTS) is 1. The highest BCUT2D eigenvalue weighted by Gasteiger charge is 2.47. The molecule has 3 amide bonds. The minimum atomic E-state index is -1.20. The Morgan fingerprint density at radius 2 is 1.83 bits per heavy atom. The summed E-state index contributed by atoms with van der Waals surface area (Å²) in [7, 11) is 0. The summed E-state index contributed by atoms with van der Waals surface area (Å²) in [5.41, 5.74) is 2.13. The van der Waals surface area contributed by atoms with Gasteiger partial charge in [0, 0.05) is 18.5 Å². The monoisotopic (exact) mass is 587 g/mol. The number of ether oxygens (including phenoxy) is 4. The Morgan fingerprint density at radius 1 is 1.07 bits per heavy atom. The van der Waals surface area contributed by atoms with Crippen molar-refractivity contribution in [1.29, 1.82) is 0 Å². The Hall–Kier alpha value is -3.70. The van der Waals surface area contributed by atoms with E-state index in [4.69, 9.17) is 18.9 Å². The number of hydrogen-bond acceptors (Lipinski definition) is 8. The van der Waals surface area contributed by atoms with Crippen molar-refractivity contribution < 1.29 is 43.2 Å². The van der Waals surface area contributed by atoms with Crippen LogP contribution in [0, 0.1) is 10.8 Å². The number of cyclic esters (lactones) is 1. The normalized spacial score (nSPS) is 26.4. The van der Waals surface area contributed by atoms with Crippen LogP contribution in [-0.2, 0) is 38.6 Å². The van der Waals surface area contributed by atoms with Crippen LogP contribution in [0.25, 0.3) is 0 Å². The van der Waals surface area contributed by atoms with Gasteiger partial charge in [0.25, 0.3) is 0 Å². The van der Waals surface area contributed by atoms with E-state index in [0.29, 0.717) is 31.0 Å². The van der Waals surface area contributed by atoms with E-state index in [1.54, 1.807) is 25.7 Å². The summed E-state index contributed by atoms with van der Waals surface area (Å²) < 4.78 is 22.8. The van der Waals surface area contributed by atoms with Crippen LogP contribution < -0.4 is 14.8 Å². The summed E-state index contributed by atoms with van der Waals surface area (Å²) >= 11 is 0. The maximum Gasteiger partial charge on any atom is 0.410 e. The van der Waals surface area contributed by atoms with E-state index >= 15 is 0 Å². The van der Waals surface area contributed by atoms with E-state index in [0.717, 1.165) is 36.0 Å². The second kappa shape index (κ2) is 11.2. The van der Waals surface area contributed by atoms with Crippen LogP contribution in [0.1, 0.15) is 77.0 Å². The Bertz CT molecular complexity index is 1270. The van der Waals surface area contributed by atoms with E-state index < -0.39 is 47.7 Å². The molecule has 1 aromatic rings. The van der Waals surface area contributed by atoms with Crippen LogP contribution >= 0.6 is 0 Å². The van der Waals surface area contributed by atoms with Crippen molar-refractivity contribution in [2.24, 2.45) is 10.8 Å². The molecule has 0 aliphatic carbocycles. The molecule has 1 saturated heterocycles. The fourth-order valence-electron chi connectivity index (χ4n) is 6.23. The Kier molecular flexibility index (Phi) is 7.93. The third-order valence-electron chi connectivity index (χ3n) is 8.71. The number of carboxylic acids is 1. The maximum atomic E-state index is 13.7. The lowest BCUT2D eigenvalue weighted by Crippen LogP contribution is -2.57. The first-order valence-electron chi connectivity index (χ1n) is 14.6. The van der Waals surface area contributed by atoms with Gasteiger partial charge in [-0.3, -0.25) is 9.69 Å². The van der Waals surface area contributed by atoms with Gasteiger partial charge < -0.3 is 34.3 Å². The second-order valence-electron chi connectivity index (χ2n) is 13.5. The first-order valence-corrected chi connectivity index (χ1v) is 14.6. The number of nitrogens with zero attached hydrogens (tertiary/aromatic N) is 2. The van der Waals surface area contributed by atoms with Crippen molar-refractivity contribution in [3.8, 4) is 11.5 Å². The zero-order chi connectivity index (χ0) is 30.4. The first kappa shape index (κ1) is 29.8. The van der Waals surface area contributed by atoms with Crippen molar-refractivity contribution in [3.05, 3.63) is 22.8 Å². The number of nitrogens with one attached hydrogen (secondary N) is 1. The van der Waals surface area contributed by atoms with Gasteiger partial charge in [0.15, 0.2) is 11.5 Å². The van der Waals surface area contributed by atoms with Gasteiger partial charge in [-0.2, -0.15) is 0 Å². The van der Waals surface area contributed by atoms with Gasteiger partial charge in [0.2, 0.25) is 12.7 Å². The molecule has 4 aliphatic heterocycles. The van der Waals surface area contributed by atoms with E-state index in [1.165, 1.54) is 4.90 Å². The summed E-state index contributed by atoms with van der Waals surface area (Å²) in [4.78, 5) is 54.8. The summed E-state index contributed by atoms with van der Waals surface area (Å²) in [6.45, 7) is 10.5. The minimum absolute atomic E-state index is 0.0504. The lowest BCUT2D eigenvalue weighted by molar-refractivity contribution is -0.150. The molecule has 0 radical (unpaired) electrons. The zero-order valence-electron chi connectivity index (χ0n) is 25.0. The molecule has 5 rings (SSSR count). The van der Waals surface area contributed by atoms with Crippen molar-refractivity contribution in [3.63, 3.8) is 0 Å². The molecule has 12 nitrogen and oxygen atoms in total. The molecule has 42 heavy (non-hydrogen) atoms. The van der Waals surface area contributed by atoms with Crippen molar-refractivity contribution in [2.75, 3.05) is 19.9 Å². The van der Waals surface area contributed by atoms with Crippen LogP contribution in [0.15, 0.2) is 6.07 Å². The lowest BCUT2D eigenvalue weighted by atomic mass is 9.83. The number of carbonyl (C=O) groups excluding carboxylic acids is 3.